The normalized spacial score (nSPS) is 26.3. The van der Waals surface area contributed by atoms with E-state index in [1.807, 2.05) is 6.92 Å². The molecule has 2 atom stereocenters. The lowest BCUT2D eigenvalue weighted by Gasteiger charge is -2.33. The minimum atomic E-state index is -0.668. The molecular weight excluding hydrogens is 252 g/mol. The topological polar surface area (TPSA) is 52.6 Å². The summed E-state index contributed by atoms with van der Waals surface area (Å²) in [5, 5.41) is 12.9. The second kappa shape index (κ2) is 8.63. The summed E-state index contributed by atoms with van der Waals surface area (Å²) < 4.78 is 0. The fourth-order valence-electron chi connectivity index (χ4n) is 3.52. The quantitative estimate of drug-likeness (QED) is 0.647. The highest BCUT2D eigenvalue weighted by atomic mass is 16.4. The number of nitrogens with zero attached hydrogens (tertiary/aromatic N) is 1. The summed E-state index contributed by atoms with van der Waals surface area (Å²) in [5.74, 6) is -0.380. The minimum Gasteiger partial charge on any atom is -0.480 e. The van der Waals surface area contributed by atoms with Crippen molar-refractivity contribution in [1.82, 2.24) is 10.2 Å². The summed E-state index contributed by atoms with van der Waals surface area (Å²) in [6, 6.07) is 0. The van der Waals surface area contributed by atoms with E-state index in [-0.39, 0.29) is 5.92 Å². The number of likely N-dealkylation sites (N-methyl/N-ethyl adjacent to an activating group) is 1. The van der Waals surface area contributed by atoms with Crippen molar-refractivity contribution in [3.05, 3.63) is 0 Å². The van der Waals surface area contributed by atoms with E-state index in [0.717, 1.165) is 51.9 Å². The van der Waals surface area contributed by atoms with E-state index in [2.05, 4.69) is 24.1 Å². The van der Waals surface area contributed by atoms with Crippen molar-refractivity contribution in [2.75, 3.05) is 26.2 Å². The van der Waals surface area contributed by atoms with Crippen LogP contribution in [0.4, 0.5) is 0 Å². The van der Waals surface area contributed by atoms with Gasteiger partial charge in [0.2, 0.25) is 0 Å². The van der Waals surface area contributed by atoms with Gasteiger partial charge in [0.15, 0.2) is 0 Å². The van der Waals surface area contributed by atoms with E-state index in [4.69, 9.17) is 0 Å². The Morgan fingerprint density at radius 3 is 2.65 bits per heavy atom. The molecular formula is C16H32N2O2. The van der Waals surface area contributed by atoms with Crippen molar-refractivity contribution >= 4 is 5.97 Å². The smallest absolute Gasteiger partial charge is 0.324 e. The summed E-state index contributed by atoms with van der Waals surface area (Å²) in [5.41, 5.74) is -0.668. The number of carboxylic acids is 1. The van der Waals surface area contributed by atoms with Crippen molar-refractivity contribution in [3.8, 4) is 0 Å². The molecule has 1 rings (SSSR count). The van der Waals surface area contributed by atoms with Crippen LogP contribution in [0.3, 0.4) is 0 Å². The average molecular weight is 284 g/mol. The largest absolute Gasteiger partial charge is 0.480 e. The van der Waals surface area contributed by atoms with E-state index in [1.54, 1.807) is 0 Å². The fraction of sp³-hybridized carbons (Fsp3) is 0.938. The molecule has 0 aromatic rings. The Morgan fingerprint density at radius 1 is 1.35 bits per heavy atom. The number of unbranched alkanes of at least 4 members (excludes halogenated alkanes) is 1. The van der Waals surface area contributed by atoms with E-state index < -0.39 is 11.5 Å². The minimum absolute atomic E-state index is 0.274. The molecule has 0 saturated heterocycles. The molecule has 1 aliphatic rings. The zero-order chi connectivity index (χ0) is 15.0. The Labute approximate surface area is 123 Å². The van der Waals surface area contributed by atoms with Gasteiger partial charge in [0.05, 0.1) is 0 Å². The zero-order valence-electron chi connectivity index (χ0n) is 13.5. The van der Waals surface area contributed by atoms with Gasteiger partial charge in [-0.2, -0.15) is 0 Å². The number of carbonyl (C=O) groups is 1. The second-order valence-electron chi connectivity index (χ2n) is 5.97. The highest BCUT2D eigenvalue weighted by Crippen LogP contribution is 2.38. The number of hydrogen-bond donors (Lipinski definition) is 2. The monoisotopic (exact) mass is 284 g/mol. The van der Waals surface area contributed by atoms with Crippen LogP contribution in [0.15, 0.2) is 0 Å². The summed E-state index contributed by atoms with van der Waals surface area (Å²) >= 11 is 0. The molecule has 118 valence electrons. The van der Waals surface area contributed by atoms with Crippen LogP contribution in [0.5, 0.6) is 0 Å². The molecule has 4 heteroatoms. The average Bonchev–Trinajstić information content (AvgIpc) is 2.84. The summed E-state index contributed by atoms with van der Waals surface area (Å²) in [4.78, 5) is 14.2. The second-order valence-corrected chi connectivity index (χ2v) is 5.97. The van der Waals surface area contributed by atoms with Crippen LogP contribution in [-0.2, 0) is 4.79 Å². The molecule has 0 heterocycles. The van der Waals surface area contributed by atoms with Gasteiger partial charge in [-0.05, 0) is 57.8 Å². The molecule has 0 bridgehead atoms. The van der Waals surface area contributed by atoms with Crippen molar-refractivity contribution in [2.24, 2.45) is 5.92 Å². The van der Waals surface area contributed by atoms with E-state index in [1.165, 1.54) is 12.8 Å². The van der Waals surface area contributed by atoms with Gasteiger partial charge in [-0.1, -0.05) is 33.6 Å². The van der Waals surface area contributed by atoms with Crippen LogP contribution < -0.4 is 5.32 Å². The van der Waals surface area contributed by atoms with Crippen LogP contribution in [0.25, 0.3) is 0 Å². The predicted octanol–water partition coefficient (Wildman–Crippen LogP) is 2.73. The highest BCUT2D eigenvalue weighted by molar-refractivity contribution is 5.79. The van der Waals surface area contributed by atoms with Crippen LogP contribution in [0.2, 0.25) is 0 Å². The molecule has 0 amide bonds. The van der Waals surface area contributed by atoms with Gasteiger partial charge < -0.3 is 15.3 Å². The van der Waals surface area contributed by atoms with Crippen molar-refractivity contribution in [2.45, 2.75) is 64.8 Å². The first-order valence-electron chi connectivity index (χ1n) is 8.31. The Kier molecular flexibility index (Phi) is 7.52. The van der Waals surface area contributed by atoms with Gasteiger partial charge in [-0.15, -0.1) is 0 Å². The van der Waals surface area contributed by atoms with Crippen LogP contribution in [0, 0.1) is 5.92 Å². The molecule has 0 aromatic heterocycles. The molecule has 20 heavy (non-hydrogen) atoms. The molecule has 0 spiro atoms. The van der Waals surface area contributed by atoms with Gasteiger partial charge in [-0.3, -0.25) is 4.79 Å². The summed E-state index contributed by atoms with van der Waals surface area (Å²) in [7, 11) is 0. The molecule has 1 aliphatic carbocycles. The fourth-order valence-corrected chi connectivity index (χ4v) is 3.52. The van der Waals surface area contributed by atoms with E-state index >= 15 is 0 Å². The lowest BCUT2D eigenvalue weighted by molar-refractivity contribution is -0.146. The van der Waals surface area contributed by atoms with Gasteiger partial charge in [0, 0.05) is 0 Å². The summed E-state index contributed by atoms with van der Waals surface area (Å²) in [6.07, 6.45) is 6.31. The number of nitrogens with one attached hydrogen (secondary N) is 1. The van der Waals surface area contributed by atoms with Crippen LogP contribution in [-0.4, -0.2) is 47.7 Å². The van der Waals surface area contributed by atoms with Crippen molar-refractivity contribution in [1.29, 1.82) is 0 Å². The lowest BCUT2D eigenvalue weighted by Crippen LogP contribution is -2.55. The number of rotatable bonds is 10. The Hall–Kier alpha value is -0.610. The van der Waals surface area contributed by atoms with Crippen LogP contribution in [0.1, 0.15) is 59.3 Å². The standard InChI is InChI=1S/C16H32N2O2/c1-4-7-12-18(6-3)13-10-14-9-8-11-16(14,15(19)20)17-5-2/h14,17H,4-13H2,1-3H3,(H,19,20). The number of carboxylic acid groups (broad SMARTS) is 1. The molecule has 0 aliphatic heterocycles. The first-order valence-corrected chi connectivity index (χ1v) is 8.31. The zero-order valence-corrected chi connectivity index (χ0v) is 13.5. The first kappa shape index (κ1) is 17.4. The Morgan fingerprint density at radius 2 is 2.10 bits per heavy atom. The van der Waals surface area contributed by atoms with Gasteiger partial charge >= 0.3 is 5.97 Å². The Balaban J connectivity index is 2.57. The SMILES string of the molecule is CCCCN(CC)CCC1CCCC1(NCC)C(=O)O. The first-order chi connectivity index (χ1) is 9.60. The maximum Gasteiger partial charge on any atom is 0.324 e. The molecule has 2 unspecified atom stereocenters. The number of aliphatic carboxylic acids is 1. The van der Waals surface area contributed by atoms with E-state index in [0.29, 0.717) is 0 Å². The van der Waals surface area contributed by atoms with Gasteiger partial charge in [0.25, 0.3) is 0 Å². The third-order valence-corrected chi connectivity index (χ3v) is 4.76. The maximum atomic E-state index is 11.7. The molecule has 2 N–H and O–H groups in total. The maximum absolute atomic E-state index is 11.7. The van der Waals surface area contributed by atoms with Gasteiger partial charge in [0.1, 0.15) is 5.54 Å². The summed E-state index contributed by atoms with van der Waals surface area (Å²) in [6.45, 7) is 10.4. The van der Waals surface area contributed by atoms with Gasteiger partial charge in [-0.25, -0.2) is 0 Å². The Bertz CT molecular complexity index is 296. The molecule has 0 radical (unpaired) electrons. The molecule has 0 aromatic carbocycles. The predicted molar refractivity (Wildman–Crippen MR) is 83.0 cm³/mol. The molecule has 4 nitrogen and oxygen atoms in total. The molecule has 1 saturated carbocycles. The molecule has 1 fully saturated rings. The lowest BCUT2D eigenvalue weighted by atomic mass is 9.84. The highest BCUT2D eigenvalue weighted by Gasteiger charge is 2.48. The van der Waals surface area contributed by atoms with Crippen molar-refractivity contribution < 1.29 is 9.90 Å². The van der Waals surface area contributed by atoms with Crippen molar-refractivity contribution in [3.63, 3.8) is 0 Å². The third kappa shape index (κ3) is 4.19. The van der Waals surface area contributed by atoms with Crippen LogP contribution >= 0.6 is 0 Å². The third-order valence-electron chi connectivity index (χ3n) is 4.76. The number of hydrogen-bond acceptors (Lipinski definition) is 3. The van der Waals surface area contributed by atoms with E-state index in [9.17, 15) is 9.90 Å².